The normalized spacial score (nSPS) is 11.4. The molecule has 0 aliphatic carbocycles. The van der Waals surface area contributed by atoms with Crippen molar-refractivity contribution in [3.63, 3.8) is 0 Å². The number of aliphatic imine (C=N–C) groups is 1. The third-order valence-electron chi connectivity index (χ3n) is 5.78. The Labute approximate surface area is 237 Å². The number of benzene rings is 4. The predicted molar refractivity (Wildman–Crippen MR) is 168 cm³/mol. The average Bonchev–Trinajstić information content (AvgIpc) is 3.00. The highest BCUT2D eigenvalue weighted by molar-refractivity contribution is 8.89. The highest BCUT2D eigenvalue weighted by atomic mass is 33.1. The van der Waals surface area contributed by atoms with E-state index in [4.69, 9.17) is 9.47 Å². The molecule has 196 valence electrons. The Hall–Kier alpha value is -3.69. The molecule has 8 heteroatoms. The minimum atomic E-state index is -2.71. The number of esters is 1. The van der Waals surface area contributed by atoms with Crippen molar-refractivity contribution >= 4 is 65.7 Å². The second-order valence-electron chi connectivity index (χ2n) is 8.10. The zero-order valence-corrected chi connectivity index (χ0v) is 24.1. The van der Waals surface area contributed by atoms with Crippen molar-refractivity contribution < 1.29 is 14.3 Å². The van der Waals surface area contributed by atoms with Gasteiger partial charge in [0.25, 0.3) is 0 Å². The number of ether oxygens (including phenoxy) is 2. The molecule has 39 heavy (non-hydrogen) atoms. The summed E-state index contributed by atoms with van der Waals surface area (Å²) in [5.41, 5.74) is 0.619. The zero-order valence-electron chi connectivity index (χ0n) is 21.6. The van der Waals surface area contributed by atoms with Gasteiger partial charge in [0.15, 0.2) is 5.04 Å². The molecule has 0 aliphatic heterocycles. The first-order chi connectivity index (χ1) is 19.1. The van der Waals surface area contributed by atoms with Gasteiger partial charge in [-0.05, 0) is 75.6 Å². The van der Waals surface area contributed by atoms with Crippen molar-refractivity contribution in [2.24, 2.45) is 4.99 Å². The maximum Gasteiger partial charge on any atom is 0.346 e. The van der Waals surface area contributed by atoms with Crippen LogP contribution in [-0.4, -0.2) is 29.4 Å². The van der Waals surface area contributed by atoms with E-state index in [0.29, 0.717) is 16.1 Å². The van der Waals surface area contributed by atoms with E-state index in [1.165, 1.54) is 10.8 Å². The summed E-state index contributed by atoms with van der Waals surface area (Å²) in [7, 11) is 4.01. The van der Waals surface area contributed by atoms with Gasteiger partial charge in [-0.15, -0.1) is 0 Å². The van der Waals surface area contributed by atoms with E-state index < -0.39 is 12.9 Å². The largest absolute Gasteiger partial charge is 0.497 e. The van der Waals surface area contributed by atoms with Crippen LogP contribution in [0.25, 0.3) is 0 Å². The minimum Gasteiger partial charge on any atom is -0.497 e. The molecule has 4 aromatic carbocycles. The van der Waals surface area contributed by atoms with E-state index >= 15 is 0 Å². The van der Waals surface area contributed by atoms with Gasteiger partial charge in [-0.3, -0.25) is 0 Å². The molecular weight excluding hydrogens is 543 g/mol. The van der Waals surface area contributed by atoms with E-state index in [0.717, 1.165) is 26.7 Å². The Morgan fingerprint density at radius 2 is 1.28 bits per heavy atom. The van der Waals surface area contributed by atoms with Crippen molar-refractivity contribution in [2.45, 2.75) is 6.92 Å². The van der Waals surface area contributed by atoms with Crippen LogP contribution < -0.4 is 20.7 Å². The summed E-state index contributed by atoms with van der Waals surface area (Å²) >= 11 is 0. The van der Waals surface area contributed by atoms with E-state index in [-0.39, 0.29) is 11.7 Å². The number of carbonyl (C=O) groups excluding carboxylic acids is 1. The summed E-state index contributed by atoms with van der Waals surface area (Å²) in [6, 6.07) is 39.6. The van der Waals surface area contributed by atoms with Crippen molar-refractivity contribution in [3.05, 3.63) is 115 Å². The molecule has 4 rings (SSSR count). The fourth-order valence-corrected chi connectivity index (χ4v) is 12.0. The van der Waals surface area contributed by atoms with Crippen LogP contribution in [-0.2, 0) is 9.53 Å². The van der Waals surface area contributed by atoms with Crippen LogP contribution in [0.4, 0.5) is 5.69 Å². The Morgan fingerprint density at radius 1 is 0.795 bits per heavy atom. The third kappa shape index (κ3) is 6.49. The Balaban J connectivity index is 1.97. The molecule has 0 spiro atoms. The van der Waals surface area contributed by atoms with Crippen LogP contribution in [0.2, 0.25) is 0 Å². The van der Waals surface area contributed by atoms with Crippen LogP contribution >= 0.6 is 28.5 Å². The lowest BCUT2D eigenvalue weighted by molar-refractivity contribution is -0.134. The standard InChI is InChI=1S/C31H27N2O3PS2/c1-3-36-30(34)31(39-38-29(23-32)33-24-19-21-25(35-2)22-20-24)37(26-13-7-4-8-14-26,27-15-9-5-10-16-27)28-17-11-6-12-18-28/h4-22H,3H2,1-2H3. The Kier molecular flexibility index (Phi) is 10.1. The smallest absolute Gasteiger partial charge is 0.346 e. The Morgan fingerprint density at radius 3 is 1.69 bits per heavy atom. The SMILES string of the molecule is CCOC(=O)C(SSC(C#N)=Nc1ccc(OC)cc1)=P(c1ccccc1)(c1ccccc1)c1ccccc1. The van der Waals surface area contributed by atoms with Gasteiger partial charge in [0.05, 0.1) is 19.4 Å². The molecule has 0 N–H and O–H groups in total. The number of carbonyl (C=O) groups is 1. The van der Waals surface area contributed by atoms with Gasteiger partial charge in [0, 0.05) is 0 Å². The van der Waals surface area contributed by atoms with Crippen molar-refractivity contribution in [1.29, 1.82) is 5.26 Å². The highest BCUT2D eigenvalue weighted by Crippen LogP contribution is 2.51. The number of hydrogen-bond donors (Lipinski definition) is 0. The number of methoxy groups -OCH3 is 1. The molecule has 4 aromatic rings. The molecule has 0 amide bonds. The van der Waals surface area contributed by atoms with Crippen molar-refractivity contribution in [1.82, 2.24) is 0 Å². The molecule has 0 fully saturated rings. The molecule has 5 nitrogen and oxygen atoms in total. The molecule has 0 saturated carbocycles. The van der Waals surface area contributed by atoms with Gasteiger partial charge < -0.3 is 9.47 Å². The van der Waals surface area contributed by atoms with Crippen LogP contribution in [0.3, 0.4) is 0 Å². The molecule has 0 saturated heterocycles. The van der Waals surface area contributed by atoms with E-state index in [1.807, 2.05) is 54.6 Å². The molecule has 0 bridgehead atoms. The summed E-state index contributed by atoms with van der Waals surface area (Å²) < 4.78 is 11.4. The summed E-state index contributed by atoms with van der Waals surface area (Å²) in [5.74, 6) is 0.303. The summed E-state index contributed by atoms with van der Waals surface area (Å²) in [4.78, 5) is 18.4. The molecule has 0 aromatic heterocycles. The van der Waals surface area contributed by atoms with Gasteiger partial charge in [-0.1, -0.05) is 91.0 Å². The van der Waals surface area contributed by atoms with E-state index in [2.05, 4.69) is 47.5 Å². The van der Waals surface area contributed by atoms with Gasteiger partial charge in [-0.2, -0.15) is 5.26 Å². The van der Waals surface area contributed by atoms with Crippen LogP contribution in [0, 0.1) is 11.3 Å². The van der Waals surface area contributed by atoms with Gasteiger partial charge in [0.1, 0.15) is 16.4 Å². The molecule has 0 aliphatic rings. The first-order valence-corrected chi connectivity index (χ1v) is 16.1. The van der Waals surface area contributed by atoms with Crippen LogP contribution in [0.1, 0.15) is 6.92 Å². The second-order valence-corrected chi connectivity index (χ2v) is 13.9. The molecule has 0 unspecified atom stereocenters. The predicted octanol–water partition coefficient (Wildman–Crippen LogP) is 6.32. The number of hydrogen-bond acceptors (Lipinski definition) is 7. The van der Waals surface area contributed by atoms with E-state index in [9.17, 15) is 10.1 Å². The lowest BCUT2D eigenvalue weighted by Crippen LogP contribution is -2.32. The summed E-state index contributed by atoms with van der Waals surface area (Å²) in [5, 5.41) is 13.2. The van der Waals surface area contributed by atoms with Gasteiger partial charge in [0.2, 0.25) is 0 Å². The lowest BCUT2D eigenvalue weighted by Gasteiger charge is -2.31. The quantitative estimate of drug-likeness (QED) is 0.0772. The minimum absolute atomic E-state index is 0.222. The van der Waals surface area contributed by atoms with Crippen molar-refractivity contribution in [2.75, 3.05) is 13.7 Å². The number of nitriles is 1. The number of nitrogens with zero attached hydrogens (tertiary/aromatic N) is 2. The van der Waals surface area contributed by atoms with Crippen LogP contribution in [0.5, 0.6) is 5.75 Å². The number of rotatable bonds is 9. The van der Waals surface area contributed by atoms with Gasteiger partial charge in [-0.25, -0.2) is 9.79 Å². The third-order valence-corrected chi connectivity index (χ3v) is 13.2. The second kappa shape index (κ2) is 13.9. The summed E-state index contributed by atoms with van der Waals surface area (Å²) in [6.07, 6.45) is 0. The summed E-state index contributed by atoms with van der Waals surface area (Å²) in [6.45, 7) is -0.674. The molecule has 0 heterocycles. The first-order valence-electron chi connectivity index (χ1n) is 12.2. The fraction of sp³-hybridized carbons (Fsp3) is 0.0968. The topological polar surface area (TPSA) is 71.7 Å². The van der Waals surface area contributed by atoms with Crippen molar-refractivity contribution in [3.8, 4) is 11.8 Å². The maximum atomic E-state index is 13.8. The first kappa shape index (κ1) is 28.3. The zero-order chi connectivity index (χ0) is 27.5. The maximum absolute atomic E-state index is 13.8. The molecule has 0 atom stereocenters. The van der Waals surface area contributed by atoms with Crippen LogP contribution in [0.15, 0.2) is 120 Å². The average molecular weight is 571 g/mol. The fourth-order valence-electron chi connectivity index (χ4n) is 4.09. The highest BCUT2D eigenvalue weighted by Gasteiger charge is 2.35. The molecular formula is C31H27N2O3PS2. The van der Waals surface area contributed by atoms with Gasteiger partial charge >= 0.3 is 5.97 Å². The monoisotopic (exact) mass is 570 g/mol. The Bertz CT molecular complexity index is 1420. The molecule has 0 radical (unpaired) electrons. The lowest BCUT2D eigenvalue weighted by atomic mass is 10.3. The van der Waals surface area contributed by atoms with E-state index in [1.54, 1.807) is 38.3 Å².